The van der Waals surface area contributed by atoms with Gasteiger partial charge in [-0.2, -0.15) is 0 Å². The molecule has 10 heteroatoms. The van der Waals surface area contributed by atoms with Crippen molar-refractivity contribution in [3.05, 3.63) is 77.2 Å². The molecule has 2 atom stereocenters. The molecule has 0 fully saturated rings. The van der Waals surface area contributed by atoms with E-state index in [0.717, 1.165) is 10.1 Å². The number of phenolic OH excluding ortho intramolecular Hbond substituents is 1. The fourth-order valence-corrected chi connectivity index (χ4v) is 5.40. The quantitative estimate of drug-likeness (QED) is 0.347. The third kappa shape index (κ3) is 2.74. The standard InChI is InChI=1S/C22H18IN3O6/c1-24-21(30)25-6-5-11-14(26(25)22(24)31)8-12-16(28)9-13(23)20(29)19(12)18(11)10-3-4-15(27)17(7-10)32-2/h3-5,7,9,14,18,27H,6,8H2,1-2H3/t14-,18+/m1/s1. The predicted molar refractivity (Wildman–Crippen MR) is 122 cm³/mol. The maximum atomic E-state index is 13.2. The summed E-state index contributed by atoms with van der Waals surface area (Å²) in [5.74, 6) is -0.952. The number of nitrogens with zero attached hydrogens (tertiary/aromatic N) is 3. The van der Waals surface area contributed by atoms with Crippen molar-refractivity contribution in [2.75, 3.05) is 7.11 Å². The average Bonchev–Trinajstić information content (AvgIpc) is 3.00. The van der Waals surface area contributed by atoms with E-state index in [2.05, 4.69) is 0 Å². The van der Waals surface area contributed by atoms with Crippen molar-refractivity contribution >= 4 is 34.2 Å². The summed E-state index contributed by atoms with van der Waals surface area (Å²) in [7, 11) is 2.84. The number of carbonyl (C=O) groups excluding carboxylic acids is 2. The Morgan fingerprint density at radius 2 is 1.91 bits per heavy atom. The Bertz CT molecular complexity index is 1430. The highest BCUT2D eigenvalue weighted by Crippen LogP contribution is 2.50. The van der Waals surface area contributed by atoms with E-state index in [1.165, 1.54) is 35.7 Å². The molecule has 1 N–H and O–H groups in total. The lowest BCUT2D eigenvalue weighted by Gasteiger charge is -2.39. The number of Topliss-reactive ketones (excluding diaryl/α,β-unsaturated/α-hetero) is 1. The molecule has 0 amide bonds. The summed E-state index contributed by atoms with van der Waals surface area (Å²) in [6.45, 7) is 0.171. The number of hydrogen-bond acceptors (Lipinski definition) is 6. The first kappa shape index (κ1) is 20.7. The van der Waals surface area contributed by atoms with Crippen molar-refractivity contribution in [2.45, 2.75) is 24.9 Å². The number of fused-ring (bicyclic) bond motifs is 3. The van der Waals surface area contributed by atoms with E-state index in [1.807, 2.05) is 28.7 Å². The Morgan fingerprint density at radius 3 is 2.62 bits per heavy atom. The lowest BCUT2D eigenvalue weighted by Crippen LogP contribution is -2.40. The number of aromatic nitrogens is 3. The SMILES string of the molecule is COc1cc([C@H]2C3=CCn4c(=O)n(C)c(=O)n4[C@@H]3CC3=C2C(=O)C(I)=CC3=O)ccc1O. The van der Waals surface area contributed by atoms with Crippen LogP contribution in [0.5, 0.6) is 11.5 Å². The third-order valence-corrected chi connectivity index (χ3v) is 7.13. The summed E-state index contributed by atoms with van der Waals surface area (Å²) >= 11 is 1.87. The van der Waals surface area contributed by atoms with Gasteiger partial charge in [0.1, 0.15) is 0 Å². The van der Waals surface area contributed by atoms with Crippen LogP contribution in [0, 0.1) is 0 Å². The highest BCUT2D eigenvalue weighted by Gasteiger charge is 2.45. The molecule has 0 radical (unpaired) electrons. The van der Waals surface area contributed by atoms with E-state index < -0.39 is 23.3 Å². The number of carbonyl (C=O) groups is 2. The number of ketones is 2. The molecule has 1 aromatic carbocycles. The molecule has 2 aliphatic carbocycles. The molecular formula is C22H18IN3O6. The monoisotopic (exact) mass is 547 g/mol. The smallest absolute Gasteiger partial charge is 0.347 e. The zero-order valence-electron chi connectivity index (χ0n) is 17.2. The molecule has 2 aromatic rings. The van der Waals surface area contributed by atoms with Crippen LogP contribution in [0.4, 0.5) is 0 Å². The molecule has 5 rings (SSSR count). The molecule has 1 aromatic heterocycles. The Kier molecular flexibility index (Phi) is 4.66. The van der Waals surface area contributed by atoms with E-state index in [4.69, 9.17) is 4.74 Å². The molecule has 0 unspecified atom stereocenters. The second-order valence-corrected chi connectivity index (χ2v) is 9.08. The minimum atomic E-state index is -0.621. The van der Waals surface area contributed by atoms with E-state index in [1.54, 1.807) is 12.1 Å². The summed E-state index contributed by atoms with van der Waals surface area (Å²) in [6.07, 6.45) is 3.30. The van der Waals surface area contributed by atoms with Crippen molar-refractivity contribution in [2.24, 2.45) is 7.05 Å². The van der Waals surface area contributed by atoms with Crippen LogP contribution in [-0.2, 0) is 23.2 Å². The largest absolute Gasteiger partial charge is 0.504 e. The van der Waals surface area contributed by atoms with Crippen LogP contribution in [0.1, 0.15) is 23.9 Å². The number of methoxy groups -OCH3 is 1. The number of benzene rings is 1. The topological polar surface area (TPSA) is 113 Å². The van der Waals surface area contributed by atoms with Crippen molar-refractivity contribution in [3.63, 3.8) is 0 Å². The first-order valence-corrected chi connectivity index (χ1v) is 11.0. The number of halogens is 1. The van der Waals surface area contributed by atoms with Crippen molar-refractivity contribution in [3.8, 4) is 11.5 Å². The van der Waals surface area contributed by atoms with Gasteiger partial charge in [0.2, 0.25) is 0 Å². The van der Waals surface area contributed by atoms with Gasteiger partial charge in [0.25, 0.3) is 0 Å². The van der Waals surface area contributed by atoms with Crippen molar-refractivity contribution in [1.82, 2.24) is 13.9 Å². The summed E-state index contributed by atoms with van der Waals surface area (Å²) in [4.78, 5) is 51.6. The van der Waals surface area contributed by atoms with Gasteiger partial charge in [-0.25, -0.2) is 23.5 Å². The minimum absolute atomic E-state index is 0.0518. The minimum Gasteiger partial charge on any atom is -0.504 e. The normalized spacial score (nSPS) is 22.1. The highest BCUT2D eigenvalue weighted by molar-refractivity contribution is 14.1. The molecule has 0 saturated heterocycles. The third-order valence-electron chi connectivity index (χ3n) is 6.33. The highest BCUT2D eigenvalue weighted by atomic mass is 127. The van der Waals surface area contributed by atoms with Crippen LogP contribution in [0.15, 0.2) is 60.2 Å². The molecule has 1 aliphatic heterocycles. The number of ether oxygens (including phenoxy) is 1. The van der Waals surface area contributed by atoms with Crippen molar-refractivity contribution < 1.29 is 19.4 Å². The summed E-state index contributed by atoms with van der Waals surface area (Å²) in [5, 5.41) is 10.1. The Balaban J connectivity index is 1.79. The second kappa shape index (κ2) is 7.19. The van der Waals surface area contributed by atoms with E-state index in [0.29, 0.717) is 20.3 Å². The Hall–Kier alpha value is -3.15. The van der Waals surface area contributed by atoms with E-state index >= 15 is 0 Å². The van der Waals surface area contributed by atoms with Gasteiger partial charge in [-0.15, -0.1) is 0 Å². The van der Waals surface area contributed by atoms with Gasteiger partial charge in [0.05, 0.1) is 23.3 Å². The molecule has 0 spiro atoms. The van der Waals surface area contributed by atoms with Gasteiger partial charge in [0, 0.05) is 36.6 Å². The summed E-state index contributed by atoms with van der Waals surface area (Å²) < 4.78 is 9.35. The lowest BCUT2D eigenvalue weighted by atomic mass is 9.69. The van der Waals surface area contributed by atoms with Crippen LogP contribution >= 0.6 is 22.6 Å². The van der Waals surface area contributed by atoms with Crippen LogP contribution in [0.3, 0.4) is 0 Å². The molecule has 32 heavy (non-hydrogen) atoms. The molecular weight excluding hydrogens is 529 g/mol. The predicted octanol–water partition coefficient (Wildman–Crippen LogP) is 1.50. The molecule has 9 nitrogen and oxygen atoms in total. The van der Waals surface area contributed by atoms with Crippen LogP contribution in [0.2, 0.25) is 0 Å². The molecule has 0 bridgehead atoms. The van der Waals surface area contributed by atoms with Gasteiger partial charge in [-0.05, 0) is 45.9 Å². The number of phenols is 1. The zero-order valence-corrected chi connectivity index (χ0v) is 19.3. The Labute approximate surface area is 195 Å². The van der Waals surface area contributed by atoms with Crippen LogP contribution in [-0.4, -0.2) is 37.7 Å². The van der Waals surface area contributed by atoms with Gasteiger partial charge in [-0.1, -0.05) is 12.1 Å². The maximum absolute atomic E-state index is 13.2. The van der Waals surface area contributed by atoms with Crippen LogP contribution < -0.4 is 16.1 Å². The molecule has 3 aliphatic rings. The van der Waals surface area contributed by atoms with E-state index in [-0.39, 0.29) is 36.0 Å². The maximum Gasteiger partial charge on any atom is 0.347 e. The summed E-state index contributed by atoms with van der Waals surface area (Å²) in [6, 6.07) is 4.19. The number of allylic oxidation sites excluding steroid dienone is 6. The summed E-state index contributed by atoms with van der Waals surface area (Å²) in [5.41, 5.74) is 1.21. The average molecular weight is 547 g/mol. The van der Waals surface area contributed by atoms with Crippen molar-refractivity contribution in [1.29, 1.82) is 0 Å². The first-order valence-electron chi connectivity index (χ1n) is 9.89. The van der Waals surface area contributed by atoms with E-state index in [9.17, 15) is 24.3 Å². The molecule has 0 saturated carbocycles. The molecule has 2 heterocycles. The number of hydrogen-bond donors (Lipinski definition) is 1. The Morgan fingerprint density at radius 1 is 1.16 bits per heavy atom. The van der Waals surface area contributed by atoms with Crippen LogP contribution in [0.25, 0.3) is 0 Å². The fourth-order valence-electron chi connectivity index (χ4n) is 4.83. The van der Waals surface area contributed by atoms with Gasteiger partial charge in [-0.3, -0.25) is 9.59 Å². The lowest BCUT2D eigenvalue weighted by molar-refractivity contribution is -0.115. The number of aromatic hydroxyl groups is 1. The fraction of sp³-hybridized carbons (Fsp3) is 0.273. The van der Waals surface area contributed by atoms with Gasteiger partial charge >= 0.3 is 11.4 Å². The molecule has 164 valence electrons. The van der Waals surface area contributed by atoms with Gasteiger partial charge in [0.15, 0.2) is 23.1 Å². The van der Waals surface area contributed by atoms with Gasteiger partial charge < -0.3 is 9.84 Å². The zero-order chi connectivity index (χ0) is 22.9. The number of rotatable bonds is 2. The second-order valence-electron chi connectivity index (χ2n) is 7.92. The first-order chi connectivity index (χ1) is 15.2.